The highest BCUT2D eigenvalue weighted by atomic mass is 35.5. The number of nitrogens with zero attached hydrogens (tertiary/aromatic N) is 2. The first-order valence-corrected chi connectivity index (χ1v) is 8.35. The Morgan fingerprint density at radius 2 is 2.25 bits per heavy atom. The number of amides is 1. The van der Waals surface area contributed by atoms with E-state index < -0.39 is 5.54 Å². The fourth-order valence-corrected chi connectivity index (χ4v) is 3.37. The predicted molar refractivity (Wildman–Crippen MR) is 92.2 cm³/mol. The van der Waals surface area contributed by atoms with E-state index in [2.05, 4.69) is 15.7 Å². The Hall–Kier alpha value is -2.05. The van der Waals surface area contributed by atoms with Gasteiger partial charge in [-0.3, -0.25) is 9.48 Å². The van der Waals surface area contributed by atoms with E-state index in [0.717, 1.165) is 18.7 Å². The standard InChI is InChI=1S/C17H21ClN4O2/c1-24-15-4-3-13(11-14(15)18)12-20-16(23)17(5-8-19-9-6-17)22-10-2-7-21-22/h2-4,7,10-11,19H,5-6,8-9,12H2,1H3,(H,20,23). The molecule has 0 bridgehead atoms. The molecule has 1 aliphatic heterocycles. The van der Waals surface area contributed by atoms with Crippen LogP contribution in [0.4, 0.5) is 0 Å². The Kier molecular flexibility index (Phi) is 5.06. The van der Waals surface area contributed by atoms with Gasteiger partial charge in [-0.1, -0.05) is 17.7 Å². The summed E-state index contributed by atoms with van der Waals surface area (Å²) in [4.78, 5) is 12.9. The van der Waals surface area contributed by atoms with Crippen molar-refractivity contribution < 1.29 is 9.53 Å². The molecule has 1 aliphatic rings. The summed E-state index contributed by atoms with van der Waals surface area (Å²) in [5.41, 5.74) is 0.295. The number of benzene rings is 1. The van der Waals surface area contributed by atoms with Crippen LogP contribution in [-0.4, -0.2) is 35.9 Å². The molecule has 128 valence electrons. The van der Waals surface area contributed by atoms with Crippen LogP contribution in [0.3, 0.4) is 0 Å². The molecule has 1 amide bonds. The van der Waals surface area contributed by atoms with Crippen molar-refractivity contribution in [2.75, 3.05) is 20.2 Å². The maximum Gasteiger partial charge on any atom is 0.248 e. The zero-order valence-corrected chi connectivity index (χ0v) is 14.3. The number of nitrogens with one attached hydrogen (secondary N) is 2. The molecule has 0 atom stereocenters. The van der Waals surface area contributed by atoms with Crippen LogP contribution in [0.5, 0.6) is 5.75 Å². The minimum Gasteiger partial charge on any atom is -0.495 e. The van der Waals surface area contributed by atoms with E-state index in [1.165, 1.54) is 0 Å². The van der Waals surface area contributed by atoms with Gasteiger partial charge in [-0.2, -0.15) is 5.10 Å². The molecule has 24 heavy (non-hydrogen) atoms. The number of carbonyl (C=O) groups excluding carboxylic acids is 1. The van der Waals surface area contributed by atoms with Crippen LogP contribution >= 0.6 is 11.6 Å². The van der Waals surface area contributed by atoms with Crippen LogP contribution in [0.25, 0.3) is 0 Å². The number of hydrogen-bond donors (Lipinski definition) is 2. The Morgan fingerprint density at radius 3 is 2.88 bits per heavy atom. The number of aromatic nitrogens is 2. The van der Waals surface area contributed by atoms with Crippen LogP contribution in [0.2, 0.25) is 5.02 Å². The van der Waals surface area contributed by atoms with E-state index in [4.69, 9.17) is 16.3 Å². The Bertz CT molecular complexity index is 697. The molecule has 1 aromatic heterocycles. The van der Waals surface area contributed by atoms with E-state index >= 15 is 0 Å². The van der Waals surface area contributed by atoms with Crippen LogP contribution < -0.4 is 15.4 Å². The van der Waals surface area contributed by atoms with Gasteiger partial charge in [0.05, 0.1) is 12.1 Å². The monoisotopic (exact) mass is 348 g/mol. The molecular formula is C17H21ClN4O2. The molecule has 2 heterocycles. The fourth-order valence-electron chi connectivity index (χ4n) is 3.09. The predicted octanol–water partition coefficient (Wildman–Crippen LogP) is 1.94. The molecule has 7 heteroatoms. The summed E-state index contributed by atoms with van der Waals surface area (Å²) in [5, 5.41) is 11.2. The first-order valence-electron chi connectivity index (χ1n) is 7.97. The van der Waals surface area contributed by atoms with E-state index in [-0.39, 0.29) is 5.91 Å². The molecule has 0 unspecified atom stereocenters. The highest BCUT2D eigenvalue weighted by Gasteiger charge is 2.41. The lowest BCUT2D eigenvalue weighted by atomic mass is 9.87. The van der Waals surface area contributed by atoms with Crippen LogP contribution in [-0.2, 0) is 16.9 Å². The van der Waals surface area contributed by atoms with Gasteiger partial charge in [0, 0.05) is 18.9 Å². The lowest BCUT2D eigenvalue weighted by molar-refractivity contribution is -0.132. The van der Waals surface area contributed by atoms with Crippen LogP contribution in [0.15, 0.2) is 36.7 Å². The molecule has 3 rings (SSSR count). The SMILES string of the molecule is COc1ccc(CNC(=O)C2(n3cccn3)CCNCC2)cc1Cl. The number of halogens is 1. The zero-order valence-electron chi connectivity index (χ0n) is 13.6. The van der Waals surface area contributed by atoms with Crippen molar-refractivity contribution in [3.05, 3.63) is 47.2 Å². The second-order valence-corrected chi connectivity index (χ2v) is 6.29. The normalized spacial score (nSPS) is 16.6. The molecule has 6 nitrogen and oxygen atoms in total. The number of rotatable bonds is 5. The van der Waals surface area contributed by atoms with Crippen molar-refractivity contribution in [3.63, 3.8) is 0 Å². The molecular weight excluding hydrogens is 328 g/mol. The highest BCUT2D eigenvalue weighted by molar-refractivity contribution is 6.32. The van der Waals surface area contributed by atoms with Gasteiger partial charge in [-0.15, -0.1) is 0 Å². The third-order valence-corrected chi connectivity index (χ3v) is 4.76. The maximum absolute atomic E-state index is 12.9. The molecule has 0 saturated carbocycles. The quantitative estimate of drug-likeness (QED) is 0.866. The second-order valence-electron chi connectivity index (χ2n) is 5.88. The molecule has 1 saturated heterocycles. The van der Waals surface area contributed by atoms with Gasteiger partial charge >= 0.3 is 0 Å². The molecule has 0 aliphatic carbocycles. The summed E-state index contributed by atoms with van der Waals surface area (Å²) in [5.74, 6) is 0.609. The minimum absolute atomic E-state index is 0.0142. The van der Waals surface area contributed by atoms with Crippen molar-refractivity contribution in [3.8, 4) is 5.75 Å². The van der Waals surface area contributed by atoms with Crippen molar-refractivity contribution >= 4 is 17.5 Å². The second kappa shape index (κ2) is 7.23. The summed E-state index contributed by atoms with van der Waals surface area (Å²) < 4.78 is 6.93. The summed E-state index contributed by atoms with van der Waals surface area (Å²) in [7, 11) is 1.58. The van der Waals surface area contributed by atoms with Gasteiger partial charge < -0.3 is 15.4 Å². The van der Waals surface area contributed by atoms with Gasteiger partial charge in [0.1, 0.15) is 11.3 Å². The average Bonchev–Trinajstić information content (AvgIpc) is 3.15. The fraction of sp³-hybridized carbons (Fsp3) is 0.412. The molecule has 0 radical (unpaired) electrons. The van der Waals surface area contributed by atoms with E-state index in [1.54, 1.807) is 24.1 Å². The van der Waals surface area contributed by atoms with Gasteiger partial charge in [0.25, 0.3) is 0 Å². The highest BCUT2D eigenvalue weighted by Crippen LogP contribution is 2.28. The summed E-state index contributed by atoms with van der Waals surface area (Å²) in [6, 6.07) is 7.36. The molecule has 1 aromatic carbocycles. The third kappa shape index (κ3) is 3.25. The van der Waals surface area contributed by atoms with Crippen LogP contribution in [0.1, 0.15) is 18.4 Å². The van der Waals surface area contributed by atoms with E-state index in [0.29, 0.717) is 30.2 Å². The van der Waals surface area contributed by atoms with Gasteiger partial charge in [-0.05, 0) is 49.7 Å². The smallest absolute Gasteiger partial charge is 0.248 e. The molecule has 2 N–H and O–H groups in total. The number of hydrogen-bond acceptors (Lipinski definition) is 4. The zero-order chi connectivity index (χ0) is 17.0. The van der Waals surface area contributed by atoms with Crippen molar-refractivity contribution in [2.45, 2.75) is 24.9 Å². The maximum atomic E-state index is 12.9. The van der Waals surface area contributed by atoms with E-state index in [9.17, 15) is 4.79 Å². The number of carbonyl (C=O) groups is 1. The van der Waals surface area contributed by atoms with Gasteiger partial charge in [-0.25, -0.2) is 0 Å². The van der Waals surface area contributed by atoms with Gasteiger partial charge in [0.15, 0.2) is 0 Å². The van der Waals surface area contributed by atoms with Crippen molar-refractivity contribution in [1.82, 2.24) is 20.4 Å². The first kappa shape index (κ1) is 16.8. The molecule has 0 spiro atoms. The summed E-state index contributed by atoms with van der Waals surface area (Å²) in [6.45, 7) is 2.00. The van der Waals surface area contributed by atoms with Gasteiger partial charge in [0.2, 0.25) is 5.91 Å². The lowest BCUT2D eigenvalue weighted by Crippen LogP contribution is -2.54. The largest absolute Gasteiger partial charge is 0.495 e. The lowest BCUT2D eigenvalue weighted by Gasteiger charge is -2.36. The number of piperidine rings is 1. The minimum atomic E-state index is -0.634. The Morgan fingerprint density at radius 1 is 1.46 bits per heavy atom. The third-order valence-electron chi connectivity index (χ3n) is 4.47. The molecule has 1 fully saturated rings. The molecule has 2 aromatic rings. The Labute approximate surface area is 146 Å². The topological polar surface area (TPSA) is 68.2 Å². The van der Waals surface area contributed by atoms with Crippen molar-refractivity contribution in [1.29, 1.82) is 0 Å². The Balaban J connectivity index is 1.73. The summed E-state index contributed by atoms with van der Waals surface area (Å²) >= 11 is 6.14. The van der Waals surface area contributed by atoms with E-state index in [1.807, 2.05) is 24.4 Å². The first-order chi connectivity index (χ1) is 11.7. The summed E-state index contributed by atoms with van der Waals surface area (Å²) in [6.07, 6.45) is 4.99. The number of ether oxygens (including phenoxy) is 1. The van der Waals surface area contributed by atoms with Crippen LogP contribution in [0, 0.1) is 0 Å². The van der Waals surface area contributed by atoms with Crippen molar-refractivity contribution in [2.24, 2.45) is 0 Å². The number of methoxy groups -OCH3 is 1. The average molecular weight is 349 g/mol.